The van der Waals surface area contributed by atoms with Gasteiger partial charge in [-0.2, -0.15) is 0 Å². The van der Waals surface area contributed by atoms with E-state index in [1.54, 1.807) is 0 Å². The van der Waals surface area contributed by atoms with E-state index in [1.165, 1.54) is 128 Å². The van der Waals surface area contributed by atoms with E-state index in [4.69, 9.17) is 0 Å². The predicted molar refractivity (Wildman–Crippen MR) is 113 cm³/mol. The van der Waals surface area contributed by atoms with Gasteiger partial charge in [-0.1, -0.05) is 149 Å². The van der Waals surface area contributed by atoms with Crippen LogP contribution in [0.4, 0.5) is 0 Å². The molecule has 0 saturated heterocycles. The number of rotatable bonds is 14. The van der Waals surface area contributed by atoms with Crippen molar-refractivity contribution in [2.24, 2.45) is 5.92 Å². The molecule has 1 saturated carbocycles. The molecule has 0 heteroatoms. The van der Waals surface area contributed by atoms with Gasteiger partial charge in [0.05, 0.1) is 0 Å². The standard InChI is InChI=1S/C14H30.C10H20/c1-3-5-7-9-11-13-14-12-10-8-6-4-2;1-2-3-7-10-8-5-4-6-9-10/h3-14H2,1-2H3;10H,2-9H2,1H3. The fourth-order valence-corrected chi connectivity index (χ4v) is 3.88. The van der Waals surface area contributed by atoms with E-state index in [-0.39, 0.29) is 0 Å². The van der Waals surface area contributed by atoms with Crippen molar-refractivity contribution in [1.82, 2.24) is 0 Å². The second-order valence-electron chi connectivity index (χ2n) is 8.18. The Bertz CT molecular complexity index is 190. The van der Waals surface area contributed by atoms with Crippen molar-refractivity contribution in [2.45, 2.75) is 149 Å². The van der Waals surface area contributed by atoms with Crippen molar-refractivity contribution < 1.29 is 0 Å². The van der Waals surface area contributed by atoms with Gasteiger partial charge in [0, 0.05) is 0 Å². The molecule has 0 aromatic carbocycles. The summed E-state index contributed by atoms with van der Waals surface area (Å²) >= 11 is 0. The van der Waals surface area contributed by atoms with Gasteiger partial charge in [-0.25, -0.2) is 0 Å². The zero-order valence-electron chi connectivity index (χ0n) is 17.7. The van der Waals surface area contributed by atoms with Crippen LogP contribution in [0, 0.1) is 5.92 Å². The van der Waals surface area contributed by atoms with Gasteiger partial charge in [-0.3, -0.25) is 0 Å². The summed E-state index contributed by atoms with van der Waals surface area (Å²) in [5.74, 6) is 1.11. The minimum absolute atomic E-state index is 1.11. The van der Waals surface area contributed by atoms with E-state index in [0.29, 0.717) is 0 Å². The molecule has 0 radical (unpaired) electrons. The molecule has 24 heavy (non-hydrogen) atoms. The molecule has 1 rings (SSSR count). The van der Waals surface area contributed by atoms with Crippen LogP contribution in [0.15, 0.2) is 0 Å². The van der Waals surface area contributed by atoms with Crippen LogP contribution in [-0.2, 0) is 0 Å². The van der Waals surface area contributed by atoms with Crippen LogP contribution in [0.3, 0.4) is 0 Å². The zero-order valence-corrected chi connectivity index (χ0v) is 17.7. The van der Waals surface area contributed by atoms with E-state index in [2.05, 4.69) is 20.8 Å². The number of hydrogen-bond donors (Lipinski definition) is 0. The van der Waals surface area contributed by atoms with E-state index in [9.17, 15) is 0 Å². The van der Waals surface area contributed by atoms with Crippen molar-refractivity contribution in [2.75, 3.05) is 0 Å². The van der Waals surface area contributed by atoms with Crippen LogP contribution >= 0.6 is 0 Å². The summed E-state index contributed by atoms with van der Waals surface area (Å²) in [5.41, 5.74) is 0. The minimum atomic E-state index is 1.11. The van der Waals surface area contributed by atoms with Gasteiger partial charge in [0.25, 0.3) is 0 Å². The van der Waals surface area contributed by atoms with E-state index >= 15 is 0 Å². The quantitative estimate of drug-likeness (QED) is 0.277. The lowest BCUT2D eigenvalue weighted by Gasteiger charge is -2.20. The second kappa shape index (κ2) is 21.0. The Balaban J connectivity index is 0.000000463. The van der Waals surface area contributed by atoms with E-state index < -0.39 is 0 Å². The summed E-state index contributed by atoms with van der Waals surface area (Å²) in [6.45, 7) is 6.87. The van der Waals surface area contributed by atoms with Gasteiger partial charge in [0.2, 0.25) is 0 Å². The highest BCUT2D eigenvalue weighted by Crippen LogP contribution is 2.27. The largest absolute Gasteiger partial charge is 0.0654 e. The zero-order chi connectivity index (χ0) is 17.7. The Labute approximate surface area is 155 Å². The van der Waals surface area contributed by atoms with Crippen LogP contribution < -0.4 is 0 Å². The maximum atomic E-state index is 2.29. The maximum Gasteiger partial charge on any atom is -0.0414 e. The fourth-order valence-electron chi connectivity index (χ4n) is 3.88. The van der Waals surface area contributed by atoms with Crippen LogP contribution in [-0.4, -0.2) is 0 Å². The normalized spacial score (nSPS) is 15.1. The van der Waals surface area contributed by atoms with Crippen molar-refractivity contribution in [3.8, 4) is 0 Å². The lowest BCUT2D eigenvalue weighted by atomic mass is 9.86. The van der Waals surface area contributed by atoms with Gasteiger partial charge in [0.1, 0.15) is 0 Å². The van der Waals surface area contributed by atoms with Crippen LogP contribution in [0.1, 0.15) is 149 Å². The molecule has 0 amide bonds. The first kappa shape index (κ1) is 24.0. The fraction of sp³-hybridized carbons (Fsp3) is 1.00. The topological polar surface area (TPSA) is 0 Å². The molecular weight excluding hydrogens is 288 g/mol. The smallest absolute Gasteiger partial charge is 0.0414 e. The first-order valence-electron chi connectivity index (χ1n) is 11.8. The van der Waals surface area contributed by atoms with Crippen molar-refractivity contribution in [1.29, 1.82) is 0 Å². The summed E-state index contributed by atoms with van der Waals surface area (Å²) in [6, 6.07) is 0. The molecule has 0 aliphatic heterocycles. The molecule has 1 fully saturated rings. The average Bonchev–Trinajstić information content (AvgIpc) is 2.63. The molecule has 0 heterocycles. The molecule has 146 valence electrons. The van der Waals surface area contributed by atoms with Crippen LogP contribution in [0.25, 0.3) is 0 Å². The third-order valence-corrected chi connectivity index (χ3v) is 5.65. The van der Waals surface area contributed by atoms with Gasteiger partial charge >= 0.3 is 0 Å². The van der Waals surface area contributed by atoms with E-state index in [0.717, 1.165) is 5.92 Å². The number of unbranched alkanes of at least 4 members (excludes halogenated alkanes) is 12. The second-order valence-corrected chi connectivity index (χ2v) is 8.18. The average molecular weight is 339 g/mol. The molecule has 1 aliphatic carbocycles. The highest BCUT2D eigenvalue weighted by molar-refractivity contribution is 4.65. The lowest BCUT2D eigenvalue weighted by molar-refractivity contribution is 0.331. The molecule has 1 aliphatic rings. The molecule has 0 aromatic heterocycles. The summed E-state index contributed by atoms with van der Waals surface area (Å²) in [7, 11) is 0. The molecule has 0 N–H and O–H groups in total. The summed E-state index contributed by atoms with van der Waals surface area (Å²) in [6.07, 6.45) is 29.4. The highest BCUT2D eigenvalue weighted by Gasteiger charge is 2.11. The molecule has 0 bridgehead atoms. The molecule has 0 nitrogen and oxygen atoms in total. The lowest BCUT2D eigenvalue weighted by Crippen LogP contribution is -2.05. The van der Waals surface area contributed by atoms with Crippen molar-refractivity contribution in [3.05, 3.63) is 0 Å². The number of hydrogen-bond acceptors (Lipinski definition) is 0. The van der Waals surface area contributed by atoms with Crippen molar-refractivity contribution in [3.63, 3.8) is 0 Å². The van der Waals surface area contributed by atoms with Gasteiger partial charge in [-0.15, -0.1) is 0 Å². The van der Waals surface area contributed by atoms with Gasteiger partial charge < -0.3 is 0 Å². The summed E-state index contributed by atoms with van der Waals surface area (Å²) in [5, 5.41) is 0. The van der Waals surface area contributed by atoms with Crippen molar-refractivity contribution >= 4 is 0 Å². The van der Waals surface area contributed by atoms with Crippen LogP contribution in [0.2, 0.25) is 0 Å². The van der Waals surface area contributed by atoms with E-state index in [1.807, 2.05) is 0 Å². The summed E-state index contributed by atoms with van der Waals surface area (Å²) in [4.78, 5) is 0. The minimum Gasteiger partial charge on any atom is -0.0654 e. The third kappa shape index (κ3) is 18.3. The molecular formula is C24H50. The molecule has 0 atom stereocenters. The first-order chi connectivity index (χ1) is 11.8. The van der Waals surface area contributed by atoms with Gasteiger partial charge in [-0.05, 0) is 5.92 Å². The third-order valence-electron chi connectivity index (χ3n) is 5.65. The predicted octanol–water partition coefficient (Wildman–Crippen LogP) is 9.46. The van der Waals surface area contributed by atoms with Gasteiger partial charge in [0.15, 0.2) is 0 Å². The molecule has 0 aromatic rings. The highest BCUT2D eigenvalue weighted by atomic mass is 14.2. The van der Waals surface area contributed by atoms with Crippen LogP contribution in [0.5, 0.6) is 0 Å². The Morgan fingerprint density at radius 3 is 1.21 bits per heavy atom. The Hall–Kier alpha value is 0. The molecule has 0 unspecified atom stereocenters. The monoisotopic (exact) mass is 338 g/mol. The summed E-state index contributed by atoms with van der Waals surface area (Å²) < 4.78 is 0. The maximum absolute atomic E-state index is 2.29. The Kier molecular flexibility index (Phi) is 21.0. The Morgan fingerprint density at radius 1 is 0.458 bits per heavy atom. The first-order valence-corrected chi connectivity index (χ1v) is 11.8. The Morgan fingerprint density at radius 2 is 0.833 bits per heavy atom. The molecule has 0 spiro atoms. The SMILES string of the molecule is CCCCC1CCCCC1.CCCCCCCCCCCCCC.